The molecule has 0 spiro atoms. The molecule has 92 valence electrons. The minimum atomic E-state index is 0.107. The molecule has 0 bridgehead atoms. The first-order valence-electron chi connectivity index (χ1n) is 6.14. The summed E-state index contributed by atoms with van der Waals surface area (Å²) in [7, 11) is 2.06. The molecule has 0 aromatic carbocycles. The van der Waals surface area contributed by atoms with Crippen LogP contribution in [0.2, 0.25) is 0 Å². The highest BCUT2D eigenvalue weighted by Crippen LogP contribution is 2.28. The molecule has 1 aliphatic carbocycles. The van der Waals surface area contributed by atoms with Gasteiger partial charge in [-0.2, -0.15) is 0 Å². The van der Waals surface area contributed by atoms with E-state index in [1.165, 1.54) is 25.7 Å². The van der Waals surface area contributed by atoms with Crippen LogP contribution in [0.25, 0.3) is 0 Å². The van der Waals surface area contributed by atoms with E-state index in [9.17, 15) is 0 Å². The molecule has 0 radical (unpaired) electrons. The van der Waals surface area contributed by atoms with Crippen molar-refractivity contribution in [2.45, 2.75) is 38.6 Å². The van der Waals surface area contributed by atoms with Crippen molar-refractivity contribution >= 4 is 11.7 Å². The summed E-state index contributed by atoms with van der Waals surface area (Å²) in [4.78, 5) is 6.60. The number of anilines is 1. The first kappa shape index (κ1) is 11.9. The van der Waals surface area contributed by atoms with Crippen LogP contribution < -0.4 is 10.6 Å². The van der Waals surface area contributed by atoms with Gasteiger partial charge in [0, 0.05) is 19.3 Å². The lowest BCUT2D eigenvalue weighted by molar-refractivity contribution is 0.646. The second-order valence-corrected chi connectivity index (χ2v) is 4.79. The number of hydrogen-bond donors (Lipinski definition) is 2. The van der Waals surface area contributed by atoms with Gasteiger partial charge >= 0.3 is 0 Å². The lowest BCUT2D eigenvalue weighted by Gasteiger charge is -2.27. The average molecular weight is 232 g/mol. The highest BCUT2D eigenvalue weighted by atomic mass is 15.2. The fourth-order valence-electron chi connectivity index (χ4n) is 2.61. The predicted octanol–water partition coefficient (Wildman–Crippen LogP) is 2.05. The van der Waals surface area contributed by atoms with Crippen molar-refractivity contribution in [3.05, 3.63) is 23.4 Å². The van der Waals surface area contributed by atoms with Gasteiger partial charge in [-0.15, -0.1) is 0 Å². The molecule has 0 unspecified atom stereocenters. The molecular formula is C13H20N4. The molecule has 0 aliphatic heterocycles. The number of nitrogen functional groups attached to an aromatic ring is 1. The predicted molar refractivity (Wildman–Crippen MR) is 70.6 cm³/mol. The molecule has 1 aliphatic rings. The van der Waals surface area contributed by atoms with E-state index >= 15 is 0 Å². The van der Waals surface area contributed by atoms with Crippen LogP contribution in [0.1, 0.15) is 36.8 Å². The monoisotopic (exact) mass is 232 g/mol. The molecule has 4 nitrogen and oxygen atoms in total. The second kappa shape index (κ2) is 4.73. The van der Waals surface area contributed by atoms with E-state index in [0.29, 0.717) is 6.04 Å². The van der Waals surface area contributed by atoms with Crippen molar-refractivity contribution in [1.29, 1.82) is 5.41 Å². The van der Waals surface area contributed by atoms with E-state index in [0.717, 1.165) is 16.9 Å². The van der Waals surface area contributed by atoms with Crippen molar-refractivity contribution in [3.63, 3.8) is 0 Å². The molecular weight excluding hydrogens is 212 g/mol. The van der Waals surface area contributed by atoms with Gasteiger partial charge < -0.3 is 10.6 Å². The Morgan fingerprint density at radius 1 is 1.47 bits per heavy atom. The minimum Gasteiger partial charge on any atom is -0.384 e. The molecule has 1 aromatic heterocycles. The van der Waals surface area contributed by atoms with Crippen LogP contribution in [-0.4, -0.2) is 23.9 Å². The average Bonchev–Trinajstić information content (AvgIpc) is 2.80. The SMILES string of the molecule is Cc1ccnc(N(C)C2CCCC2)c1C(=N)N. The molecule has 1 heterocycles. The third kappa shape index (κ3) is 2.25. The minimum absolute atomic E-state index is 0.107. The van der Waals surface area contributed by atoms with E-state index in [1.807, 2.05) is 13.0 Å². The van der Waals surface area contributed by atoms with Crippen LogP contribution in [0.15, 0.2) is 12.3 Å². The van der Waals surface area contributed by atoms with Crippen molar-refractivity contribution in [1.82, 2.24) is 4.98 Å². The van der Waals surface area contributed by atoms with Crippen LogP contribution in [0.4, 0.5) is 5.82 Å². The quantitative estimate of drug-likeness (QED) is 0.619. The van der Waals surface area contributed by atoms with Crippen molar-refractivity contribution in [2.75, 3.05) is 11.9 Å². The number of hydrogen-bond acceptors (Lipinski definition) is 3. The van der Waals surface area contributed by atoms with Crippen molar-refractivity contribution < 1.29 is 0 Å². The van der Waals surface area contributed by atoms with Gasteiger partial charge in [0.05, 0.1) is 5.56 Å². The number of nitrogens with one attached hydrogen (secondary N) is 1. The molecule has 0 atom stereocenters. The number of nitrogens with two attached hydrogens (primary N) is 1. The Bertz CT molecular complexity index is 421. The van der Waals surface area contributed by atoms with E-state index in [1.54, 1.807) is 6.20 Å². The number of rotatable bonds is 3. The lowest BCUT2D eigenvalue weighted by Crippen LogP contribution is -2.32. The van der Waals surface area contributed by atoms with E-state index in [2.05, 4.69) is 16.9 Å². The Morgan fingerprint density at radius 2 is 2.12 bits per heavy atom. The Morgan fingerprint density at radius 3 is 2.71 bits per heavy atom. The van der Waals surface area contributed by atoms with Gasteiger partial charge in [-0.3, -0.25) is 5.41 Å². The normalized spacial score (nSPS) is 16.1. The molecule has 4 heteroatoms. The summed E-state index contributed by atoms with van der Waals surface area (Å²) < 4.78 is 0. The zero-order valence-electron chi connectivity index (χ0n) is 10.5. The van der Waals surface area contributed by atoms with Crippen molar-refractivity contribution in [3.8, 4) is 0 Å². The van der Waals surface area contributed by atoms with Crippen LogP contribution in [0.5, 0.6) is 0 Å². The molecule has 0 amide bonds. The smallest absolute Gasteiger partial charge is 0.139 e. The van der Waals surface area contributed by atoms with Crippen LogP contribution in [0.3, 0.4) is 0 Å². The van der Waals surface area contributed by atoms with Gasteiger partial charge in [0.1, 0.15) is 11.7 Å². The third-order valence-corrected chi connectivity index (χ3v) is 3.62. The highest BCUT2D eigenvalue weighted by molar-refractivity contribution is 6.01. The van der Waals surface area contributed by atoms with Gasteiger partial charge in [-0.1, -0.05) is 12.8 Å². The summed E-state index contributed by atoms with van der Waals surface area (Å²) in [6, 6.07) is 2.45. The van der Waals surface area contributed by atoms with E-state index in [-0.39, 0.29) is 5.84 Å². The summed E-state index contributed by atoms with van der Waals surface area (Å²) in [5.41, 5.74) is 7.47. The number of aromatic nitrogens is 1. The zero-order valence-corrected chi connectivity index (χ0v) is 10.5. The molecule has 3 N–H and O–H groups in total. The van der Waals surface area contributed by atoms with Gasteiger partial charge in [0.15, 0.2) is 0 Å². The van der Waals surface area contributed by atoms with Gasteiger partial charge in [-0.25, -0.2) is 4.98 Å². The molecule has 17 heavy (non-hydrogen) atoms. The summed E-state index contributed by atoms with van der Waals surface area (Å²) in [5.74, 6) is 0.958. The summed E-state index contributed by atoms with van der Waals surface area (Å²) in [6.45, 7) is 1.98. The Labute approximate surface area is 102 Å². The highest BCUT2D eigenvalue weighted by Gasteiger charge is 2.23. The molecule has 1 fully saturated rings. The Kier molecular flexibility index (Phi) is 3.31. The molecule has 1 saturated carbocycles. The summed E-state index contributed by atoms with van der Waals surface area (Å²) in [6.07, 6.45) is 6.79. The number of pyridine rings is 1. The third-order valence-electron chi connectivity index (χ3n) is 3.62. The first-order valence-corrected chi connectivity index (χ1v) is 6.14. The summed E-state index contributed by atoms with van der Waals surface area (Å²) in [5, 5.41) is 7.69. The van der Waals surface area contributed by atoms with Crippen molar-refractivity contribution in [2.24, 2.45) is 5.73 Å². The number of aryl methyl sites for hydroxylation is 1. The fourth-order valence-corrected chi connectivity index (χ4v) is 2.61. The molecule has 0 saturated heterocycles. The summed E-state index contributed by atoms with van der Waals surface area (Å²) >= 11 is 0. The maximum atomic E-state index is 7.69. The van der Waals surface area contributed by atoms with Crippen LogP contribution in [-0.2, 0) is 0 Å². The van der Waals surface area contributed by atoms with Crippen LogP contribution >= 0.6 is 0 Å². The maximum Gasteiger partial charge on any atom is 0.139 e. The second-order valence-electron chi connectivity index (χ2n) is 4.79. The maximum absolute atomic E-state index is 7.69. The zero-order chi connectivity index (χ0) is 12.4. The van der Waals surface area contributed by atoms with E-state index in [4.69, 9.17) is 11.1 Å². The fraction of sp³-hybridized carbons (Fsp3) is 0.538. The topological polar surface area (TPSA) is 66.0 Å². The standard InChI is InChI=1S/C13H20N4/c1-9-7-8-16-13(11(9)12(14)15)17(2)10-5-3-4-6-10/h7-8,10H,3-6H2,1-2H3,(H3,14,15). The molecule has 2 rings (SSSR count). The molecule has 1 aromatic rings. The van der Waals surface area contributed by atoms with Gasteiger partial charge in [-0.05, 0) is 31.4 Å². The largest absolute Gasteiger partial charge is 0.384 e. The number of nitrogens with zero attached hydrogens (tertiary/aromatic N) is 2. The van der Waals surface area contributed by atoms with Gasteiger partial charge in [0.25, 0.3) is 0 Å². The van der Waals surface area contributed by atoms with E-state index < -0.39 is 0 Å². The lowest BCUT2D eigenvalue weighted by atomic mass is 10.1. The first-order chi connectivity index (χ1) is 8.11. The van der Waals surface area contributed by atoms with Crippen LogP contribution in [0, 0.1) is 12.3 Å². The Hall–Kier alpha value is -1.58. The van der Waals surface area contributed by atoms with Gasteiger partial charge in [0.2, 0.25) is 0 Å². The Balaban J connectivity index is 2.36. The number of amidine groups is 1.